The summed E-state index contributed by atoms with van der Waals surface area (Å²) in [4.78, 5) is 11.2. The van der Waals surface area contributed by atoms with Crippen molar-refractivity contribution in [1.29, 1.82) is 0 Å². The third-order valence-electron chi connectivity index (χ3n) is 1.60. The van der Waals surface area contributed by atoms with Gasteiger partial charge in [0.1, 0.15) is 0 Å². The van der Waals surface area contributed by atoms with Gasteiger partial charge in [0.25, 0.3) is 0 Å². The maximum Gasteiger partial charge on any atom is 0.240 e. The van der Waals surface area contributed by atoms with Crippen molar-refractivity contribution in [2.45, 2.75) is 13.0 Å². The van der Waals surface area contributed by atoms with E-state index in [2.05, 4.69) is 21.2 Å². The Morgan fingerprint density at radius 1 is 1.64 bits per heavy atom. The summed E-state index contributed by atoms with van der Waals surface area (Å²) < 4.78 is 0.790. The SMILES string of the molecule is CC(N)C(=O)Nc1ccc(Br)c(Cl)c1. The van der Waals surface area contributed by atoms with Crippen LogP contribution in [0.25, 0.3) is 0 Å². The second kappa shape index (κ2) is 4.77. The summed E-state index contributed by atoms with van der Waals surface area (Å²) in [5, 5.41) is 3.19. The smallest absolute Gasteiger partial charge is 0.240 e. The summed E-state index contributed by atoms with van der Waals surface area (Å²) in [6.45, 7) is 1.62. The Hall–Kier alpha value is -0.580. The average Bonchev–Trinajstić information content (AvgIpc) is 2.11. The quantitative estimate of drug-likeness (QED) is 0.872. The molecule has 0 radical (unpaired) electrons. The molecule has 1 amide bonds. The molecule has 1 unspecified atom stereocenters. The van der Waals surface area contributed by atoms with Gasteiger partial charge in [0.05, 0.1) is 11.1 Å². The first-order chi connectivity index (χ1) is 6.50. The molecule has 0 heterocycles. The summed E-state index contributed by atoms with van der Waals surface area (Å²) in [5.41, 5.74) is 6.04. The number of nitrogens with two attached hydrogens (primary N) is 1. The number of benzene rings is 1. The molecular formula is C9H10BrClN2O. The van der Waals surface area contributed by atoms with Crippen molar-refractivity contribution in [2.75, 3.05) is 5.32 Å². The van der Waals surface area contributed by atoms with Crippen molar-refractivity contribution in [2.24, 2.45) is 5.73 Å². The molecule has 0 bridgehead atoms. The summed E-state index contributed by atoms with van der Waals surface area (Å²) in [6.07, 6.45) is 0. The van der Waals surface area contributed by atoms with Crippen LogP contribution >= 0.6 is 27.5 Å². The van der Waals surface area contributed by atoms with E-state index < -0.39 is 6.04 Å². The minimum absolute atomic E-state index is 0.233. The van der Waals surface area contributed by atoms with Gasteiger partial charge in [0.15, 0.2) is 0 Å². The van der Waals surface area contributed by atoms with Crippen molar-refractivity contribution < 1.29 is 4.79 Å². The van der Waals surface area contributed by atoms with Crippen LogP contribution in [0.5, 0.6) is 0 Å². The highest BCUT2D eigenvalue weighted by Crippen LogP contribution is 2.25. The molecule has 3 nitrogen and oxygen atoms in total. The molecule has 3 N–H and O–H groups in total. The molecule has 0 saturated carbocycles. The van der Waals surface area contributed by atoms with Crippen LogP contribution < -0.4 is 11.1 Å². The molecule has 1 rings (SSSR count). The Morgan fingerprint density at radius 2 is 2.29 bits per heavy atom. The fraction of sp³-hybridized carbons (Fsp3) is 0.222. The topological polar surface area (TPSA) is 55.1 Å². The van der Waals surface area contributed by atoms with Gasteiger partial charge >= 0.3 is 0 Å². The minimum Gasteiger partial charge on any atom is -0.325 e. The Labute approximate surface area is 95.7 Å². The van der Waals surface area contributed by atoms with E-state index >= 15 is 0 Å². The number of carbonyl (C=O) groups excluding carboxylic acids is 1. The van der Waals surface area contributed by atoms with Gasteiger partial charge in [-0.15, -0.1) is 0 Å². The summed E-state index contributed by atoms with van der Waals surface area (Å²) in [6, 6.07) is 4.64. The van der Waals surface area contributed by atoms with Gasteiger partial charge in [-0.2, -0.15) is 0 Å². The minimum atomic E-state index is -0.530. The molecule has 1 aromatic rings. The zero-order valence-corrected chi connectivity index (χ0v) is 9.89. The molecule has 5 heteroatoms. The van der Waals surface area contributed by atoms with E-state index in [0.717, 1.165) is 4.47 Å². The van der Waals surface area contributed by atoms with E-state index in [1.54, 1.807) is 25.1 Å². The Morgan fingerprint density at radius 3 is 2.79 bits per heavy atom. The maximum atomic E-state index is 11.2. The number of hydrogen-bond donors (Lipinski definition) is 2. The van der Waals surface area contributed by atoms with E-state index in [-0.39, 0.29) is 5.91 Å². The van der Waals surface area contributed by atoms with Crippen LogP contribution in [0.2, 0.25) is 5.02 Å². The van der Waals surface area contributed by atoms with E-state index in [4.69, 9.17) is 17.3 Å². The van der Waals surface area contributed by atoms with Gasteiger partial charge in [-0.3, -0.25) is 4.79 Å². The summed E-state index contributed by atoms with van der Waals surface area (Å²) in [7, 11) is 0. The Balaban J connectivity index is 2.78. The first-order valence-electron chi connectivity index (χ1n) is 4.02. The highest BCUT2D eigenvalue weighted by Gasteiger charge is 2.07. The molecule has 0 aliphatic carbocycles. The van der Waals surface area contributed by atoms with Crippen molar-refractivity contribution in [3.63, 3.8) is 0 Å². The number of carbonyl (C=O) groups is 1. The molecule has 14 heavy (non-hydrogen) atoms. The first kappa shape index (κ1) is 11.5. The first-order valence-corrected chi connectivity index (χ1v) is 5.19. The van der Waals surface area contributed by atoms with Crippen LogP contribution in [0.4, 0.5) is 5.69 Å². The highest BCUT2D eigenvalue weighted by molar-refractivity contribution is 9.10. The Kier molecular flexibility index (Phi) is 3.92. The monoisotopic (exact) mass is 276 g/mol. The van der Waals surface area contributed by atoms with Crippen molar-refractivity contribution in [3.8, 4) is 0 Å². The lowest BCUT2D eigenvalue weighted by atomic mass is 10.3. The molecular weight excluding hydrogens is 267 g/mol. The molecule has 0 spiro atoms. The second-order valence-corrected chi connectivity index (χ2v) is 4.17. The molecule has 1 aromatic carbocycles. The van der Waals surface area contributed by atoms with Gasteiger partial charge in [-0.05, 0) is 41.1 Å². The number of halogens is 2. The fourth-order valence-corrected chi connectivity index (χ4v) is 1.26. The number of amides is 1. The normalized spacial score (nSPS) is 12.3. The zero-order chi connectivity index (χ0) is 10.7. The van der Waals surface area contributed by atoms with Crippen molar-refractivity contribution in [3.05, 3.63) is 27.7 Å². The number of hydrogen-bond acceptors (Lipinski definition) is 2. The van der Waals surface area contributed by atoms with Gasteiger partial charge in [-0.25, -0.2) is 0 Å². The molecule has 0 aromatic heterocycles. The zero-order valence-electron chi connectivity index (χ0n) is 7.55. The van der Waals surface area contributed by atoms with E-state index in [9.17, 15) is 4.79 Å². The number of rotatable bonds is 2. The van der Waals surface area contributed by atoms with Gasteiger partial charge in [0.2, 0.25) is 5.91 Å². The summed E-state index contributed by atoms with van der Waals surface area (Å²) >= 11 is 9.10. The van der Waals surface area contributed by atoms with Gasteiger partial charge < -0.3 is 11.1 Å². The third-order valence-corrected chi connectivity index (χ3v) is 2.83. The van der Waals surface area contributed by atoms with Crippen LogP contribution in [-0.2, 0) is 4.79 Å². The molecule has 1 atom stereocenters. The summed E-state index contributed by atoms with van der Waals surface area (Å²) in [5.74, 6) is -0.233. The highest BCUT2D eigenvalue weighted by atomic mass is 79.9. The number of nitrogens with one attached hydrogen (secondary N) is 1. The van der Waals surface area contributed by atoms with Crippen molar-refractivity contribution >= 4 is 39.1 Å². The van der Waals surface area contributed by atoms with Crippen LogP contribution in [-0.4, -0.2) is 11.9 Å². The predicted molar refractivity (Wildman–Crippen MR) is 61.4 cm³/mol. The largest absolute Gasteiger partial charge is 0.325 e. The molecule has 76 valence electrons. The number of anilines is 1. The maximum absolute atomic E-state index is 11.2. The van der Waals surface area contributed by atoms with Crippen LogP contribution in [0.3, 0.4) is 0 Å². The predicted octanol–water partition coefficient (Wildman–Crippen LogP) is 2.39. The molecule has 0 fully saturated rings. The lowest BCUT2D eigenvalue weighted by Crippen LogP contribution is -2.32. The lowest BCUT2D eigenvalue weighted by molar-refractivity contribution is -0.117. The van der Waals surface area contributed by atoms with E-state index in [1.165, 1.54) is 0 Å². The lowest BCUT2D eigenvalue weighted by Gasteiger charge is -2.08. The van der Waals surface area contributed by atoms with Crippen LogP contribution in [0.1, 0.15) is 6.92 Å². The molecule has 0 aliphatic heterocycles. The molecule has 0 aliphatic rings. The van der Waals surface area contributed by atoms with Crippen molar-refractivity contribution in [1.82, 2.24) is 0 Å². The van der Waals surface area contributed by atoms with Gasteiger partial charge in [0, 0.05) is 10.2 Å². The fourth-order valence-electron chi connectivity index (χ4n) is 0.830. The van der Waals surface area contributed by atoms with Gasteiger partial charge in [-0.1, -0.05) is 11.6 Å². The third kappa shape index (κ3) is 2.97. The van der Waals surface area contributed by atoms with E-state index in [1.807, 2.05) is 0 Å². The van der Waals surface area contributed by atoms with Crippen LogP contribution in [0.15, 0.2) is 22.7 Å². The standard InChI is InChI=1S/C9H10BrClN2O/c1-5(12)9(14)13-6-2-3-7(10)8(11)4-6/h2-5H,12H2,1H3,(H,13,14). The Bertz CT molecular complexity index is 355. The van der Waals surface area contributed by atoms with Crippen LogP contribution in [0, 0.1) is 0 Å². The second-order valence-electron chi connectivity index (χ2n) is 2.91. The van der Waals surface area contributed by atoms with E-state index in [0.29, 0.717) is 10.7 Å². The average molecular weight is 278 g/mol. The molecule has 0 saturated heterocycles.